The molecule has 3 heteroatoms. The largest absolute Gasteiger partial charge is 0.330 e. The molecule has 0 bridgehead atoms. The lowest BCUT2D eigenvalue weighted by Crippen LogP contribution is -2.09. The maximum atomic E-state index is 4.53. The summed E-state index contributed by atoms with van der Waals surface area (Å²) in [7, 11) is 0. The lowest BCUT2D eigenvalue weighted by atomic mass is 10.0. The molecule has 2 nitrogen and oxygen atoms in total. The standard InChI is InChI=1S/C14H15BrN2/c15-12-6-2-1-5-11(12)9-17-10-16-13-7-3-4-8-14(13)17/h1-2,5-6,10H,3-4,7-9H2. The first-order valence-corrected chi connectivity index (χ1v) is 6.90. The van der Waals surface area contributed by atoms with Gasteiger partial charge in [0.05, 0.1) is 12.0 Å². The van der Waals surface area contributed by atoms with E-state index in [2.05, 4.69) is 49.7 Å². The molecule has 0 N–H and O–H groups in total. The quantitative estimate of drug-likeness (QED) is 0.827. The summed E-state index contributed by atoms with van der Waals surface area (Å²) in [5, 5.41) is 0. The van der Waals surface area contributed by atoms with Gasteiger partial charge in [-0.15, -0.1) is 0 Å². The van der Waals surface area contributed by atoms with Crippen LogP contribution in [0.5, 0.6) is 0 Å². The molecule has 0 radical (unpaired) electrons. The molecule has 0 amide bonds. The highest BCUT2D eigenvalue weighted by molar-refractivity contribution is 9.10. The summed E-state index contributed by atoms with van der Waals surface area (Å²) in [5.74, 6) is 0. The van der Waals surface area contributed by atoms with Crippen LogP contribution in [-0.4, -0.2) is 9.55 Å². The summed E-state index contributed by atoms with van der Waals surface area (Å²) in [6.45, 7) is 0.920. The molecule has 1 heterocycles. The molecule has 0 unspecified atom stereocenters. The Morgan fingerprint density at radius 2 is 2.00 bits per heavy atom. The van der Waals surface area contributed by atoms with Gasteiger partial charge in [-0.05, 0) is 37.3 Å². The number of benzene rings is 1. The Morgan fingerprint density at radius 1 is 1.18 bits per heavy atom. The number of nitrogens with zero attached hydrogens (tertiary/aromatic N) is 2. The van der Waals surface area contributed by atoms with Crippen molar-refractivity contribution in [2.45, 2.75) is 32.2 Å². The van der Waals surface area contributed by atoms with Gasteiger partial charge in [0.25, 0.3) is 0 Å². The SMILES string of the molecule is Brc1ccccc1Cn1cnc2c1CCCC2. The molecule has 3 rings (SSSR count). The van der Waals surface area contributed by atoms with E-state index in [0.29, 0.717) is 0 Å². The molecule has 0 atom stereocenters. The number of rotatable bonds is 2. The highest BCUT2D eigenvalue weighted by atomic mass is 79.9. The molecular formula is C14H15BrN2. The number of aromatic nitrogens is 2. The van der Waals surface area contributed by atoms with E-state index in [1.165, 1.54) is 40.7 Å². The molecule has 88 valence electrons. The summed E-state index contributed by atoms with van der Waals surface area (Å²) >= 11 is 3.60. The van der Waals surface area contributed by atoms with Crippen LogP contribution in [0.2, 0.25) is 0 Å². The molecule has 0 spiro atoms. The van der Waals surface area contributed by atoms with Gasteiger partial charge in [-0.1, -0.05) is 34.1 Å². The van der Waals surface area contributed by atoms with Crippen molar-refractivity contribution in [3.63, 3.8) is 0 Å². The minimum atomic E-state index is 0.920. The molecule has 0 saturated carbocycles. The van der Waals surface area contributed by atoms with Crippen LogP contribution >= 0.6 is 15.9 Å². The van der Waals surface area contributed by atoms with Crippen LogP contribution in [0.1, 0.15) is 29.8 Å². The highest BCUT2D eigenvalue weighted by Crippen LogP contribution is 2.23. The maximum absolute atomic E-state index is 4.53. The molecule has 1 aliphatic rings. The average Bonchev–Trinajstić information content (AvgIpc) is 2.76. The fourth-order valence-corrected chi connectivity index (χ4v) is 2.89. The number of hydrogen-bond donors (Lipinski definition) is 0. The van der Waals surface area contributed by atoms with Crippen LogP contribution in [-0.2, 0) is 19.4 Å². The summed E-state index contributed by atoms with van der Waals surface area (Å²) in [6.07, 6.45) is 6.92. The molecular weight excluding hydrogens is 276 g/mol. The fourth-order valence-electron chi connectivity index (χ4n) is 2.48. The molecule has 1 aromatic heterocycles. The van der Waals surface area contributed by atoms with E-state index in [0.717, 1.165) is 13.0 Å². The van der Waals surface area contributed by atoms with Gasteiger partial charge >= 0.3 is 0 Å². The van der Waals surface area contributed by atoms with E-state index in [1.807, 2.05) is 6.33 Å². The smallest absolute Gasteiger partial charge is 0.0954 e. The summed E-state index contributed by atoms with van der Waals surface area (Å²) in [4.78, 5) is 4.53. The molecule has 0 fully saturated rings. The van der Waals surface area contributed by atoms with Crippen LogP contribution in [0.4, 0.5) is 0 Å². The minimum Gasteiger partial charge on any atom is -0.330 e. The van der Waals surface area contributed by atoms with E-state index in [4.69, 9.17) is 0 Å². The first-order chi connectivity index (χ1) is 8.34. The number of aryl methyl sites for hydroxylation is 1. The van der Waals surface area contributed by atoms with Crippen molar-refractivity contribution in [2.75, 3.05) is 0 Å². The number of fused-ring (bicyclic) bond motifs is 1. The minimum absolute atomic E-state index is 0.920. The molecule has 0 saturated heterocycles. The second kappa shape index (κ2) is 4.65. The van der Waals surface area contributed by atoms with Crippen molar-refractivity contribution in [3.8, 4) is 0 Å². The molecule has 2 aromatic rings. The zero-order chi connectivity index (χ0) is 11.7. The van der Waals surface area contributed by atoms with Gasteiger partial charge in [-0.25, -0.2) is 4.98 Å². The maximum Gasteiger partial charge on any atom is 0.0954 e. The third kappa shape index (κ3) is 2.16. The molecule has 1 aromatic carbocycles. The topological polar surface area (TPSA) is 17.8 Å². The Hall–Kier alpha value is -1.09. The van der Waals surface area contributed by atoms with Crippen molar-refractivity contribution in [2.24, 2.45) is 0 Å². The van der Waals surface area contributed by atoms with Crippen LogP contribution < -0.4 is 0 Å². The number of hydrogen-bond acceptors (Lipinski definition) is 1. The second-order valence-electron chi connectivity index (χ2n) is 4.56. The van der Waals surface area contributed by atoms with Gasteiger partial charge < -0.3 is 4.57 Å². The second-order valence-corrected chi connectivity index (χ2v) is 5.42. The molecule has 17 heavy (non-hydrogen) atoms. The third-order valence-electron chi connectivity index (χ3n) is 3.41. The predicted molar refractivity (Wildman–Crippen MR) is 72.1 cm³/mol. The summed E-state index contributed by atoms with van der Waals surface area (Å²) < 4.78 is 3.48. The predicted octanol–water partition coefficient (Wildman–Crippen LogP) is 3.57. The lowest BCUT2D eigenvalue weighted by molar-refractivity contribution is 0.628. The van der Waals surface area contributed by atoms with Crippen LogP contribution in [0.25, 0.3) is 0 Å². The van der Waals surface area contributed by atoms with Gasteiger partial charge in [-0.3, -0.25) is 0 Å². The zero-order valence-corrected chi connectivity index (χ0v) is 11.3. The first-order valence-electron chi connectivity index (χ1n) is 6.11. The highest BCUT2D eigenvalue weighted by Gasteiger charge is 2.15. The van der Waals surface area contributed by atoms with Gasteiger partial charge in [-0.2, -0.15) is 0 Å². The first kappa shape index (κ1) is 11.0. The zero-order valence-electron chi connectivity index (χ0n) is 9.69. The fraction of sp³-hybridized carbons (Fsp3) is 0.357. The van der Waals surface area contributed by atoms with Crippen molar-refractivity contribution in [1.29, 1.82) is 0 Å². The van der Waals surface area contributed by atoms with Crippen LogP contribution in [0.15, 0.2) is 35.1 Å². The summed E-state index contributed by atoms with van der Waals surface area (Å²) in [5.41, 5.74) is 4.06. The van der Waals surface area contributed by atoms with Crippen molar-refractivity contribution >= 4 is 15.9 Å². The van der Waals surface area contributed by atoms with E-state index in [9.17, 15) is 0 Å². The van der Waals surface area contributed by atoms with Gasteiger partial charge in [0.1, 0.15) is 0 Å². The van der Waals surface area contributed by atoms with Crippen molar-refractivity contribution in [1.82, 2.24) is 9.55 Å². The Morgan fingerprint density at radius 3 is 2.88 bits per heavy atom. The Labute approximate surface area is 110 Å². The van der Waals surface area contributed by atoms with E-state index < -0.39 is 0 Å². The Kier molecular flexibility index (Phi) is 3.02. The Bertz CT molecular complexity index is 531. The van der Waals surface area contributed by atoms with E-state index in [1.54, 1.807) is 0 Å². The Balaban J connectivity index is 1.91. The van der Waals surface area contributed by atoms with Crippen LogP contribution in [0.3, 0.4) is 0 Å². The average molecular weight is 291 g/mol. The summed E-state index contributed by atoms with van der Waals surface area (Å²) in [6, 6.07) is 8.40. The number of imidazole rings is 1. The van der Waals surface area contributed by atoms with E-state index in [-0.39, 0.29) is 0 Å². The van der Waals surface area contributed by atoms with E-state index >= 15 is 0 Å². The normalized spacial score (nSPS) is 14.6. The van der Waals surface area contributed by atoms with Crippen molar-refractivity contribution in [3.05, 3.63) is 52.0 Å². The van der Waals surface area contributed by atoms with Gasteiger partial charge in [0.2, 0.25) is 0 Å². The van der Waals surface area contributed by atoms with Gasteiger partial charge in [0, 0.05) is 16.7 Å². The molecule has 1 aliphatic carbocycles. The monoisotopic (exact) mass is 290 g/mol. The van der Waals surface area contributed by atoms with Crippen molar-refractivity contribution < 1.29 is 0 Å². The number of halogens is 1. The van der Waals surface area contributed by atoms with Gasteiger partial charge in [0.15, 0.2) is 0 Å². The van der Waals surface area contributed by atoms with Crippen LogP contribution in [0, 0.1) is 0 Å². The third-order valence-corrected chi connectivity index (χ3v) is 4.18. The molecule has 0 aliphatic heterocycles. The lowest BCUT2D eigenvalue weighted by Gasteiger charge is -2.14.